The predicted molar refractivity (Wildman–Crippen MR) is 145 cm³/mol. The lowest BCUT2D eigenvalue weighted by molar-refractivity contribution is -0.122. The molecule has 10 heteroatoms. The van der Waals surface area contributed by atoms with Crippen LogP contribution in [-0.2, 0) is 11.4 Å². The Morgan fingerprint density at radius 1 is 1.19 bits per heavy atom. The molecule has 1 aliphatic rings. The van der Waals surface area contributed by atoms with Crippen LogP contribution in [0.15, 0.2) is 75.0 Å². The third kappa shape index (κ3) is 6.20. The Balaban J connectivity index is 1.58. The zero-order valence-corrected chi connectivity index (χ0v) is 22.3. The number of likely N-dealkylation sites (N-methyl/N-ethyl adjacent to an activating group) is 1. The topological polar surface area (TPSA) is 88.4 Å². The van der Waals surface area contributed by atoms with Crippen LogP contribution >= 0.6 is 27.7 Å². The Morgan fingerprint density at radius 2 is 1.95 bits per heavy atom. The summed E-state index contributed by atoms with van der Waals surface area (Å²) in [4.78, 5) is 30.7. The van der Waals surface area contributed by atoms with Crippen molar-refractivity contribution in [1.29, 1.82) is 0 Å². The fourth-order valence-electron chi connectivity index (χ4n) is 3.56. The largest absolute Gasteiger partial charge is 0.493 e. The third-order valence-electron chi connectivity index (χ3n) is 5.37. The molecule has 1 aliphatic heterocycles. The van der Waals surface area contributed by atoms with Gasteiger partial charge in [-0.25, -0.2) is 14.2 Å². The second-order valence-corrected chi connectivity index (χ2v) is 9.72. The Hall–Kier alpha value is -3.63. The van der Waals surface area contributed by atoms with Crippen LogP contribution in [0, 0.1) is 5.82 Å². The highest BCUT2D eigenvalue weighted by Crippen LogP contribution is 2.40. The molecule has 1 saturated heterocycles. The van der Waals surface area contributed by atoms with Crippen LogP contribution < -0.4 is 9.47 Å². The number of hydrogen-bond acceptors (Lipinski definition) is 6. The minimum absolute atomic E-state index is 0.153. The van der Waals surface area contributed by atoms with Crippen LogP contribution in [0.5, 0.6) is 11.5 Å². The van der Waals surface area contributed by atoms with E-state index in [9.17, 15) is 14.0 Å². The molecule has 37 heavy (non-hydrogen) atoms. The monoisotopic (exact) mass is 584 g/mol. The number of halogens is 2. The highest BCUT2D eigenvalue weighted by atomic mass is 79.9. The number of amidine groups is 1. The number of hydrogen-bond donors (Lipinski definition) is 1. The Kier molecular flexibility index (Phi) is 8.30. The fraction of sp³-hybridized carbons (Fsp3) is 0.148. The number of carbonyl (C=O) groups is 2. The summed E-state index contributed by atoms with van der Waals surface area (Å²) in [5.41, 5.74) is 2.09. The minimum Gasteiger partial charge on any atom is -0.493 e. The van der Waals surface area contributed by atoms with E-state index < -0.39 is 5.97 Å². The van der Waals surface area contributed by atoms with E-state index in [0.717, 1.165) is 0 Å². The number of rotatable bonds is 8. The second-order valence-electron chi connectivity index (χ2n) is 7.86. The molecule has 4 rings (SSSR count). The molecule has 3 aromatic carbocycles. The molecule has 0 aliphatic carbocycles. The molecule has 1 amide bonds. The van der Waals surface area contributed by atoms with Gasteiger partial charge in [0.25, 0.3) is 5.91 Å². The van der Waals surface area contributed by atoms with Gasteiger partial charge in [0.2, 0.25) is 0 Å². The van der Waals surface area contributed by atoms with E-state index in [1.165, 1.54) is 43.1 Å². The number of amides is 1. The summed E-state index contributed by atoms with van der Waals surface area (Å²) in [6.45, 7) is 2.43. The Labute approximate surface area is 225 Å². The molecular formula is C27H22BrFN2O5S. The Morgan fingerprint density at radius 3 is 2.59 bits per heavy atom. The average molecular weight is 585 g/mol. The van der Waals surface area contributed by atoms with Gasteiger partial charge in [-0.05, 0) is 100 Å². The summed E-state index contributed by atoms with van der Waals surface area (Å²) >= 11 is 4.75. The molecule has 7 nitrogen and oxygen atoms in total. The number of carbonyl (C=O) groups excluding carboxylic acids is 1. The number of carboxylic acid groups (broad SMARTS) is 1. The maximum atomic E-state index is 13.5. The van der Waals surface area contributed by atoms with Crippen molar-refractivity contribution in [2.45, 2.75) is 13.5 Å². The van der Waals surface area contributed by atoms with E-state index in [4.69, 9.17) is 14.6 Å². The zero-order valence-electron chi connectivity index (χ0n) is 19.9. The normalized spacial score (nSPS) is 15.5. The van der Waals surface area contributed by atoms with Gasteiger partial charge in [-0.3, -0.25) is 9.69 Å². The zero-order chi connectivity index (χ0) is 26.5. The van der Waals surface area contributed by atoms with Crippen molar-refractivity contribution >= 4 is 56.5 Å². The van der Waals surface area contributed by atoms with E-state index >= 15 is 0 Å². The summed E-state index contributed by atoms with van der Waals surface area (Å²) in [6.07, 6.45) is 1.75. The first-order valence-corrected chi connectivity index (χ1v) is 12.8. The number of ether oxygens (including phenoxy) is 2. The number of aromatic carboxylic acids is 1. The molecule has 0 unspecified atom stereocenters. The molecule has 0 saturated carbocycles. The van der Waals surface area contributed by atoms with Gasteiger partial charge in [-0.15, -0.1) is 0 Å². The number of aliphatic imine (C=N–C) groups is 1. The highest BCUT2D eigenvalue weighted by Gasteiger charge is 2.32. The first-order valence-electron chi connectivity index (χ1n) is 11.2. The summed E-state index contributed by atoms with van der Waals surface area (Å²) in [5, 5.41) is 9.58. The lowest BCUT2D eigenvalue weighted by atomic mass is 10.1. The maximum Gasteiger partial charge on any atom is 0.335 e. The molecule has 190 valence electrons. The van der Waals surface area contributed by atoms with Crippen molar-refractivity contribution in [1.82, 2.24) is 4.90 Å². The summed E-state index contributed by atoms with van der Waals surface area (Å²) in [7, 11) is 1.52. The third-order valence-corrected chi connectivity index (χ3v) is 6.96. The van der Waals surface area contributed by atoms with Gasteiger partial charge in [-0.2, -0.15) is 0 Å². The van der Waals surface area contributed by atoms with Crippen molar-refractivity contribution in [2.24, 2.45) is 4.99 Å². The number of nitrogens with zero attached hydrogens (tertiary/aromatic N) is 2. The van der Waals surface area contributed by atoms with Crippen LogP contribution in [0.3, 0.4) is 0 Å². The molecular weight excluding hydrogens is 563 g/mol. The van der Waals surface area contributed by atoms with Crippen molar-refractivity contribution in [2.75, 3.05) is 13.7 Å². The second kappa shape index (κ2) is 11.6. The smallest absolute Gasteiger partial charge is 0.335 e. The average Bonchev–Trinajstić information content (AvgIpc) is 3.16. The number of carboxylic acids is 1. The summed E-state index contributed by atoms with van der Waals surface area (Å²) in [6, 6.07) is 15.9. The lowest BCUT2D eigenvalue weighted by Gasteiger charge is -2.14. The Bertz CT molecular complexity index is 1410. The molecule has 3 aromatic rings. The van der Waals surface area contributed by atoms with E-state index in [2.05, 4.69) is 20.9 Å². The van der Waals surface area contributed by atoms with Gasteiger partial charge in [0.1, 0.15) is 12.4 Å². The summed E-state index contributed by atoms with van der Waals surface area (Å²) in [5.74, 6) is -0.629. The van der Waals surface area contributed by atoms with Gasteiger partial charge >= 0.3 is 5.97 Å². The minimum atomic E-state index is -1.02. The lowest BCUT2D eigenvalue weighted by Crippen LogP contribution is -2.28. The van der Waals surface area contributed by atoms with Gasteiger partial charge in [-0.1, -0.05) is 12.1 Å². The molecule has 1 N–H and O–H groups in total. The first-order chi connectivity index (χ1) is 17.8. The van der Waals surface area contributed by atoms with Crippen molar-refractivity contribution in [3.8, 4) is 11.5 Å². The molecule has 0 bridgehead atoms. The van der Waals surface area contributed by atoms with Crippen LogP contribution in [-0.4, -0.2) is 40.7 Å². The molecule has 0 radical (unpaired) electrons. The van der Waals surface area contributed by atoms with E-state index in [1.54, 1.807) is 47.4 Å². The van der Waals surface area contributed by atoms with E-state index in [-0.39, 0.29) is 23.9 Å². The summed E-state index contributed by atoms with van der Waals surface area (Å²) < 4.78 is 25.5. The molecule has 0 spiro atoms. The van der Waals surface area contributed by atoms with Gasteiger partial charge in [0.15, 0.2) is 16.7 Å². The molecule has 0 aromatic heterocycles. The quantitative estimate of drug-likeness (QED) is 0.304. The van der Waals surface area contributed by atoms with Crippen molar-refractivity contribution < 1.29 is 28.6 Å². The fourth-order valence-corrected chi connectivity index (χ4v) is 5.19. The van der Waals surface area contributed by atoms with Gasteiger partial charge in [0.05, 0.1) is 27.7 Å². The predicted octanol–water partition coefficient (Wildman–Crippen LogP) is 6.50. The van der Waals surface area contributed by atoms with Crippen LogP contribution in [0.4, 0.5) is 10.1 Å². The number of benzene rings is 3. The standard InChI is InChI=1S/C27H22BrFN2O5S/c1-3-31-25(32)23(37-27(31)30-20-9-7-18(8-10-20)26(33)34)14-17-12-21(28)24(22(13-17)35-2)36-15-16-5-4-6-19(29)11-16/h4-14H,3,15H2,1-2H3,(H,33,34). The molecule has 1 heterocycles. The van der Waals surface area contributed by atoms with Crippen LogP contribution in [0.2, 0.25) is 0 Å². The molecule has 0 atom stereocenters. The molecule has 1 fully saturated rings. The number of methoxy groups -OCH3 is 1. The first kappa shape index (κ1) is 26.4. The van der Waals surface area contributed by atoms with Crippen LogP contribution in [0.25, 0.3) is 6.08 Å². The van der Waals surface area contributed by atoms with Gasteiger partial charge < -0.3 is 14.6 Å². The van der Waals surface area contributed by atoms with Gasteiger partial charge in [0, 0.05) is 6.54 Å². The van der Waals surface area contributed by atoms with Crippen LogP contribution in [0.1, 0.15) is 28.4 Å². The van der Waals surface area contributed by atoms with E-state index in [1.807, 2.05) is 6.92 Å². The number of thioether (sulfide) groups is 1. The maximum absolute atomic E-state index is 13.5. The van der Waals surface area contributed by atoms with Crippen molar-refractivity contribution in [3.05, 3.63) is 92.5 Å². The van der Waals surface area contributed by atoms with Crippen molar-refractivity contribution in [3.63, 3.8) is 0 Å². The SMILES string of the molecule is CCN1C(=O)C(=Cc2cc(Br)c(OCc3cccc(F)c3)c(OC)c2)SC1=Nc1ccc(C(=O)O)cc1. The van der Waals surface area contributed by atoms with E-state index in [0.29, 0.717) is 49.4 Å². The highest BCUT2D eigenvalue weighted by molar-refractivity contribution is 9.10.